The summed E-state index contributed by atoms with van der Waals surface area (Å²) in [6.45, 7) is 2.08. The average molecular weight is 255 g/mol. The van der Waals surface area contributed by atoms with Crippen molar-refractivity contribution in [3.63, 3.8) is 0 Å². The zero-order chi connectivity index (χ0) is 12.6. The monoisotopic (exact) mass is 254 g/mol. The highest BCUT2D eigenvalue weighted by molar-refractivity contribution is 6.32. The van der Waals surface area contributed by atoms with E-state index >= 15 is 0 Å². The number of aliphatic hydroxyl groups is 1. The second kappa shape index (κ2) is 4.56. The highest BCUT2D eigenvalue weighted by Gasteiger charge is 2.17. The molecule has 1 aromatic heterocycles. The Hall–Kier alpha value is -1.23. The van der Waals surface area contributed by atoms with Crippen molar-refractivity contribution in [2.75, 3.05) is 13.7 Å². The predicted molar refractivity (Wildman–Crippen MR) is 68.6 cm³/mol. The summed E-state index contributed by atoms with van der Waals surface area (Å²) in [5.41, 5.74) is 8.07. The number of aryl methyl sites for hydroxylation is 1. The fourth-order valence-corrected chi connectivity index (χ4v) is 2.30. The van der Waals surface area contributed by atoms with Crippen molar-refractivity contribution in [1.82, 2.24) is 4.98 Å². The minimum absolute atomic E-state index is 0.179. The normalized spacial score (nSPS) is 13.0. The molecule has 0 aliphatic heterocycles. The zero-order valence-electron chi connectivity index (χ0n) is 9.75. The van der Waals surface area contributed by atoms with Crippen molar-refractivity contribution >= 4 is 22.5 Å². The van der Waals surface area contributed by atoms with Gasteiger partial charge in [-0.05, 0) is 19.1 Å². The number of aliphatic hydroxyl groups excluding tert-OH is 1. The van der Waals surface area contributed by atoms with Gasteiger partial charge in [-0.1, -0.05) is 11.6 Å². The number of ether oxygens (including phenoxy) is 1. The summed E-state index contributed by atoms with van der Waals surface area (Å²) in [5, 5.41) is 11.3. The topological polar surface area (TPSA) is 71.3 Å². The number of nitrogens with two attached hydrogens (primary N) is 1. The van der Waals surface area contributed by atoms with E-state index in [2.05, 4.69) is 4.98 Å². The third-order valence-corrected chi connectivity index (χ3v) is 3.16. The molecule has 17 heavy (non-hydrogen) atoms. The smallest absolute Gasteiger partial charge is 0.138 e. The summed E-state index contributed by atoms with van der Waals surface area (Å²) in [7, 11) is 1.56. The van der Waals surface area contributed by atoms with Gasteiger partial charge < -0.3 is 20.6 Å². The predicted octanol–water partition coefficient (Wildman–Crippen LogP) is 2.13. The second-order valence-electron chi connectivity index (χ2n) is 3.95. The molecule has 4 N–H and O–H groups in total. The number of hydrogen-bond acceptors (Lipinski definition) is 3. The number of hydrogen-bond donors (Lipinski definition) is 3. The van der Waals surface area contributed by atoms with Crippen LogP contribution in [-0.2, 0) is 0 Å². The number of halogens is 1. The number of fused-ring (bicyclic) bond motifs is 1. The van der Waals surface area contributed by atoms with Crippen LogP contribution in [0.1, 0.15) is 17.4 Å². The van der Waals surface area contributed by atoms with Gasteiger partial charge in [0.25, 0.3) is 0 Å². The van der Waals surface area contributed by atoms with Gasteiger partial charge in [0.2, 0.25) is 0 Å². The first-order valence-electron chi connectivity index (χ1n) is 5.32. The van der Waals surface area contributed by atoms with Crippen LogP contribution < -0.4 is 10.5 Å². The van der Waals surface area contributed by atoms with E-state index in [1.165, 1.54) is 0 Å². The fourth-order valence-electron chi connectivity index (χ4n) is 2.05. The van der Waals surface area contributed by atoms with Gasteiger partial charge in [-0.2, -0.15) is 0 Å². The Morgan fingerprint density at radius 3 is 2.82 bits per heavy atom. The molecule has 5 heteroatoms. The molecule has 0 spiro atoms. The molecular weight excluding hydrogens is 240 g/mol. The minimum Gasteiger partial charge on any atom is -0.495 e. The Kier molecular flexibility index (Phi) is 3.28. The van der Waals surface area contributed by atoms with Gasteiger partial charge in [-0.3, -0.25) is 0 Å². The molecule has 0 radical (unpaired) electrons. The quantitative estimate of drug-likeness (QED) is 0.786. The number of aromatic nitrogens is 1. The molecule has 1 unspecified atom stereocenters. The van der Waals surface area contributed by atoms with Gasteiger partial charge in [0.15, 0.2) is 0 Å². The van der Waals surface area contributed by atoms with E-state index < -0.39 is 6.10 Å². The molecule has 0 amide bonds. The Balaban J connectivity index is 2.71. The maximum absolute atomic E-state index is 9.91. The van der Waals surface area contributed by atoms with Crippen molar-refractivity contribution in [3.8, 4) is 5.75 Å². The largest absolute Gasteiger partial charge is 0.495 e. The van der Waals surface area contributed by atoms with Gasteiger partial charge >= 0.3 is 0 Å². The van der Waals surface area contributed by atoms with E-state index in [0.717, 1.165) is 22.2 Å². The van der Waals surface area contributed by atoms with E-state index in [0.29, 0.717) is 10.8 Å². The molecule has 0 saturated carbocycles. The zero-order valence-corrected chi connectivity index (χ0v) is 10.5. The van der Waals surface area contributed by atoms with Crippen LogP contribution >= 0.6 is 11.6 Å². The molecule has 4 nitrogen and oxygen atoms in total. The summed E-state index contributed by atoms with van der Waals surface area (Å²) in [4.78, 5) is 3.18. The van der Waals surface area contributed by atoms with Crippen molar-refractivity contribution < 1.29 is 9.84 Å². The summed E-state index contributed by atoms with van der Waals surface area (Å²) >= 11 is 6.05. The molecule has 92 valence electrons. The lowest BCUT2D eigenvalue weighted by molar-refractivity contribution is 0.187. The van der Waals surface area contributed by atoms with Crippen LogP contribution in [0.3, 0.4) is 0 Å². The van der Waals surface area contributed by atoms with Crippen LogP contribution in [0.2, 0.25) is 5.02 Å². The molecule has 0 aliphatic rings. The van der Waals surface area contributed by atoms with Gasteiger partial charge in [-0.15, -0.1) is 0 Å². The van der Waals surface area contributed by atoms with Crippen LogP contribution in [0, 0.1) is 6.92 Å². The molecule has 0 bridgehead atoms. The van der Waals surface area contributed by atoms with Gasteiger partial charge in [0.05, 0.1) is 18.2 Å². The minimum atomic E-state index is -0.686. The maximum Gasteiger partial charge on any atom is 0.138 e. The Bertz CT molecular complexity index is 551. The van der Waals surface area contributed by atoms with E-state index in [4.69, 9.17) is 22.1 Å². The number of rotatable bonds is 3. The number of aromatic amines is 1. The van der Waals surface area contributed by atoms with Crippen LogP contribution in [0.25, 0.3) is 10.9 Å². The molecule has 1 aromatic carbocycles. The Morgan fingerprint density at radius 1 is 1.53 bits per heavy atom. The van der Waals surface area contributed by atoms with E-state index in [1.54, 1.807) is 13.2 Å². The molecule has 1 heterocycles. The van der Waals surface area contributed by atoms with Crippen molar-refractivity contribution in [3.05, 3.63) is 28.4 Å². The first-order chi connectivity index (χ1) is 8.08. The van der Waals surface area contributed by atoms with E-state index in [9.17, 15) is 5.11 Å². The first kappa shape index (κ1) is 12.2. The van der Waals surface area contributed by atoms with Crippen LogP contribution in [0.5, 0.6) is 5.75 Å². The second-order valence-corrected chi connectivity index (χ2v) is 4.35. The van der Waals surface area contributed by atoms with E-state index in [-0.39, 0.29) is 6.54 Å². The SMILES string of the molecule is COc1cc2c(C(O)CN)c(C)[nH]c2cc1Cl. The number of nitrogens with one attached hydrogen (secondary N) is 1. The van der Waals surface area contributed by atoms with Gasteiger partial charge in [0.1, 0.15) is 5.75 Å². The Morgan fingerprint density at radius 2 is 2.24 bits per heavy atom. The molecule has 2 aromatic rings. The molecule has 0 fully saturated rings. The van der Waals surface area contributed by atoms with Crippen molar-refractivity contribution in [1.29, 1.82) is 0 Å². The van der Waals surface area contributed by atoms with Crippen LogP contribution in [0.4, 0.5) is 0 Å². The number of benzene rings is 1. The summed E-state index contributed by atoms with van der Waals surface area (Å²) in [6, 6.07) is 3.60. The summed E-state index contributed by atoms with van der Waals surface area (Å²) < 4.78 is 5.17. The lowest BCUT2D eigenvalue weighted by Crippen LogP contribution is -2.12. The molecule has 2 rings (SSSR count). The highest BCUT2D eigenvalue weighted by Crippen LogP contribution is 2.34. The van der Waals surface area contributed by atoms with Gasteiger partial charge in [0, 0.05) is 28.7 Å². The molecule has 0 aliphatic carbocycles. The van der Waals surface area contributed by atoms with Crippen LogP contribution in [-0.4, -0.2) is 23.7 Å². The maximum atomic E-state index is 9.91. The van der Waals surface area contributed by atoms with Crippen molar-refractivity contribution in [2.45, 2.75) is 13.0 Å². The highest BCUT2D eigenvalue weighted by atomic mass is 35.5. The Labute approximate surface area is 104 Å². The first-order valence-corrected chi connectivity index (χ1v) is 5.70. The lowest BCUT2D eigenvalue weighted by atomic mass is 10.1. The number of H-pyrrole nitrogens is 1. The fraction of sp³-hybridized carbons (Fsp3) is 0.333. The summed E-state index contributed by atoms with van der Waals surface area (Å²) in [5.74, 6) is 0.587. The number of methoxy groups -OCH3 is 1. The summed E-state index contributed by atoms with van der Waals surface area (Å²) in [6.07, 6.45) is -0.686. The van der Waals surface area contributed by atoms with E-state index in [1.807, 2.05) is 13.0 Å². The lowest BCUT2D eigenvalue weighted by Gasteiger charge is -2.09. The molecule has 0 saturated heterocycles. The average Bonchev–Trinajstić information content (AvgIpc) is 2.62. The van der Waals surface area contributed by atoms with Crippen molar-refractivity contribution in [2.24, 2.45) is 5.73 Å². The van der Waals surface area contributed by atoms with Gasteiger partial charge in [-0.25, -0.2) is 0 Å². The molecular formula is C12H15ClN2O2. The standard InChI is InChI=1S/C12H15ClN2O2/c1-6-12(10(16)5-14)7-3-11(17-2)8(13)4-9(7)15-6/h3-4,10,15-16H,5,14H2,1-2H3. The molecule has 1 atom stereocenters. The third-order valence-electron chi connectivity index (χ3n) is 2.86. The third kappa shape index (κ3) is 1.99. The van der Waals surface area contributed by atoms with Crippen LogP contribution in [0.15, 0.2) is 12.1 Å².